The topological polar surface area (TPSA) is 128 Å². The Balaban J connectivity index is 2.11. The zero-order valence-corrected chi connectivity index (χ0v) is 11.7. The van der Waals surface area contributed by atoms with Crippen LogP contribution in [0.25, 0.3) is 0 Å². The van der Waals surface area contributed by atoms with E-state index in [4.69, 9.17) is 9.47 Å². The van der Waals surface area contributed by atoms with Crippen molar-refractivity contribution >= 4 is 15.7 Å². The van der Waals surface area contributed by atoms with Crippen molar-refractivity contribution in [2.24, 2.45) is 0 Å². The van der Waals surface area contributed by atoms with Gasteiger partial charge in [-0.15, -0.1) is 0 Å². The molecule has 0 aromatic heterocycles. The van der Waals surface area contributed by atoms with Gasteiger partial charge in [0.2, 0.25) is 10.0 Å². The van der Waals surface area contributed by atoms with Crippen molar-refractivity contribution in [2.45, 2.75) is 11.0 Å². The predicted octanol–water partition coefficient (Wildman–Crippen LogP) is -0.00590. The van der Waals surface area contributed by atoms with Gasteiger partial charge in [0.1, 0.15) is 0 Å². The summed E-state index contributed by atoms with van der Waals surface area (Å²) in [6.45, 7) is 1.12. The van der Waals surface area contributed by atoms with Gasteiger partial charge >= 0.3 is 5.69 Å². The monoisotopic (exact) mass is 318 g/mol. The molecule has 10 heteroatoms. The van der Waals surface area contributed by atoms with Crippen molar-refractivity contribution in [3.63, 3.8) is 0 Å². The Morgan fingerprint density at radius 3 is 2.81 bits per heavy atom. The number of benzene rings is 1. The molecule has 0 amide bonds. The third-order valence-electron chi connectivity index (χ3n) is 2.84. The van der Waals surface area contributed by atoms with Crippen LogP contribution in [0.1, 0.15) is 0 Å². The largest absolute Gasteiger partial charge is 0.502 e. The number of phenols is 1. The van der Waals surface area contributed by atoms with E-state index in [9.17, 15) is 23.6 Å². The highest BCUT2D eigenvalue weighted by Gasteiger charge is 2.23. The van der Waals surface area contributed by atoms with Gasteiger partial charge in [-0.05, 0) is 12.1 Å². The van der Waals surface area contributed by atoms with E-state index in [1.165, 1.54) is 0 Å². The second-order valence-corrected chi connectivity index (χ2v) is 6.09. The van der Waals surface area contributed by atoms with Crippen molar-refractivity contribution in [2.75, 3.05) is 26.4 Å². The fraction of sp³-hybridized carbons (Fsp3) is 0.455. The van der Waals surface area contributed by atoms with E-state index in [0.717, 1.165) is 18.2 Å². The average molecular weight is 318 g/mol. The van der Waals surface area contributed by atoms with Gasteiger partial charge in [0.05, 0.1) is 35.7 Å². The van der Waals surface area contributed by atoms with Crippen molar-refractivity contribution in [1.29, 1.82) is 0 Å². The summed E-state index contributed by atoms with van der Waals surface area (Å²) < 4.78 is 36.8. The number of sulfonamides is 1. The molecule has 2 rings (SSSR count). The summed E-state index contributed by atoms with van der Waals surface area (Å²) in [5, 5.41) is 20.0. The van der Waals surface area contributed by atoms with Crippen LogP contribution in [0.2, 0.25) is 0 Å². The number of nitrogens with zero attached hydrogens (tertiary/aromatic N) is 1. The molecule has 0 radical (unpaired) electrons. The number of nitro groups is 1. The molecule has 1 aromatic rings. The van der Waals surface area contributed by atoms with Crippen LogP contribution in [-0.4, -0.2) is 50.9 Å². The smallest absolute Gasteiger partial charge is 0.312 e. The lowest BCUT2D eigenvalue weighted by atomic mass is 10.3. The van der Waals surface area contributed by atoms with E-state index in [0.29, 0.717) is 13.2 Å². The second-order valence-electron chi connectivity index (χ2n) is 4.33. The lowest BCUT2D eigenvalue weighted by Gasteiger charge is -2.23. The molecule has 1 unspecified atom stereocenters. The minimum Gasteiger partial charge on any atom is -0.502 e. The Hall–Kier alpha value is -1.75. The quantitative estimate of drug-likeness (QED) is 0.577. The fourth-order valence-electron chi connectivity index (χ4n) is 1.76. The Morgan fingerprint density at radius 2 is 2.19 bits per heavy atom. The third kappa shape index (κ3) is 3.88. The molecule has 1 aliphatic heterocycles. The Bertz CT molecular complexity index is 625. The van der Waals surface area contributed by atoms with Gasteiger partial charge in [0, 0.05) is 12.6 Å². The molecule has 21 heavy (non-hydrogen) atoms. The maximum absolute atomic E-state index is 12.0. The van der Waals surface area contributed by atoms with Gasteiger partial charge in [0.15, 0.2) is 5.75 Å². The lowest BCUT2D eigenvalue weighted by molar-refractivity contribution is -0.386. The number of nitro benzene ring substituents is 1. The van der Waals surface area contributed by atoms with Crippen LogP contribution in [-0.2, 0) is 19.5 Å². The van der Waals surface area contributed by atoms with Crippen molar-refractivity contribution in [3.05, 3.63) is 28.3 Å². The summed E-state index contributed by atoms with van der Waals surface area (Å²) in [6.07, 6.45) is -0.402. The van der Waals surface area contributed by atoms with Crippen LogP contribution in [0.15, 0.2) is 23.1 Å². The highest BCUT2D eigenvalue weighted by molar-refractivity contribution is 7.89. The van der Waals surface area contributed by atoms with Crippen LogP contribution in [0.4, 0.5) is 5.69 Å². The molecule has 1 fully saturated rings. The molecule has 1 heterocycles. The number of aromatic hydroxyl groups is 1. The van der Waals surface area contributed by atoms with E-state index in [2.05, 4.69) is 4.72 Å². The molecule has 0 aliphatic carbocycles. The van der Waals surface area contributed by atoms with E-state index in [-0.39, 0.29) is 18.0 Å². The minimum atomic E-state index is -3.93. The maximum atomic E-state index is 12.0. The number of hydrogen-bond acceptors (Lipinski definition) is 7. The van der Waals surface area contributed by atoms with Gasteiger partial charge in [-0.2, -0.15) is 0 Å². The Kier molecular flexibility index (Phi) is 4.73. The minimum absolute atomic E-state index is 0.00297. The highest BCUT2D eigenvalue weighted by Crippen LogP contribution is 2.28. The molecule has 2 N–H and O–H groups in total. The zero-order valence-electron chi connectivity index (χ0n) is 10.9. The molecule has 1 aliphatic rings. The van der Waals surface area contributed by atoms with Gasteiger partial charge < -0.3 is 14.6 Å². The first kappa shape index (κ1) is 15.6. The van der Waals surface area contributed by atoms with E-state index < -0.39 is 32.5 Å². The van der Waals surface area contributed by atoms with Gasteiger partial charge in [-0.1, -0.05) is 0 Å². The summed E-state index contributed by atoms with van der Waals surface area (Å²) >= 11 is 0. The molecule has 116 valence electrons. The first-order chi connectivity index (χ1) is 9.90. The molecular weight excluding hydrogens is 304 g/mol. The van der Waals surface area contributed by atoms with Gasteiger partial charge in [0.25, 0.3) is 0 Å². The molecule has 1 saturated heterocycles. The highest BCUT2D eigenvalue weighted by atomic mass is 32.2. The standard InChI is InChI=1S/C11H14N2O7S/c14-11-2-1-9(5-10(11)13(15)16)21(17,18)12-6-8-7-19-3-4-20-8/h1-2,5,8,12,14H,3-4,6-7H2. The van der Waals surface area contributed by atoms with Crippen molar-refractivity contribution < 1.29 is 27.9 Å². The normalized spacial score (nSPS) is 19.3. The summed E-state index contributed by atoms with van der Waals surface area (Å²) in [6, 6.07) is 2.85. The van der Waals surface area contributed by atoms with Gasteiger partial charge in [-0.3, -0.25) is 10.1 Å². The van der Waals surface area contributed by atoms with E-state index in [1.807, 2.05) is 0 Å². The number of ether oxygens (including phenoxy) is 2. The molecule has 1 aromatic carbocycles. The summed E-state index contributed by atoms with van der Waals surface area (Å²) in [7, 11) is -3.93. The first-order valence-electron chi connectivity index (χ1n) is 6.06. The molecular formula is C11H14N2O7S. The molecule has 0 bridgehead atoms. The van der Waals surface area contributed by atoms with Crippen LogP contribution >= 0.6 is 0 Å². The third-order valence-corrected chi connectivity index (χ3v) is 4.26. The fourth-order valence-corrected chi connectivity index (χ4v) is 2.84. The van der Waals surface area contributed by atoms with Crippen LogP contribution in [0, 0.1) is 10.1 Å². The number of phenolic OH excluding ortho intramolecular Hbond substituents is 1. The molecule has 1 atom stereocenters. The number of nitrogens with one attached hydrogen (secondary N) is 1. The molecule has 9 nitrogen and oxygen atoms in total. The Labute approximate surface area is 120 Å². The Morgan fingerprint density at radius 1 is 1.43 bits per heavy atom. The van der Waals surface area contributed by atoms with Crippen LogP contribution in [0.3, 0.4) is 0 Å². The van der Waals surface area contributed by atoms with E-state index >= 15 is 0 Å². The number of rotatable bonds is 5. The van der Waals surface area contributed by atoms with Crippen molar-refractivity contribution in [1.82, 2.24) is 4.72 Å². The lowest BCUT2D eigenvalue weighted by Crippen LogP contribution is -2.39. The SMILES string of the molecule is O=[N+]([O-])c1cc(S(=O)(=O)NCC2COCCO2)ccc1O. The van der Waals surface area contributed by atoms with E-state index in [1.54, 1.807) is 0 Å². The summed E-state index contributed by atoms with van der Waals surface area (Å²) in [4.78, 5) is 9.54. The summed E-state index contributed by atoms with van der Waals surface area (Å²) in [5.74, 6) is -0.594. The molecule has 0 saturated carbocycles. The van der Waals surface area contributed by atoms with Crippen molar-refractivity contribution in [3.8, 4) is 5.75 Å². The van der Waals surface area contributed by atoms with Crippen LogP contribution in [0.5, 0.6) is 5.75 Å². The zero-order chi connectivity index (χ0) is 15.5. The van der Waals surface area contributed by atoms with Gasteiger partial charge in [-0.25, -0.2) is 13.1 Å². The predicted molar refractivity (Wildman–Crippen MR) is 70.5 cm³/mol. The summed E-state index contributed by atoms with van der Waals surface area (Å²) in [5.41, 5.74) is -0.671. The average Bonchev–Trinajstić information content (AvgIpc) is 2.46. The first-order valence-corrected chi connectivity index (χ1v) is 7.55. The second kappa shape index (κ2) is 6.35. The maximum Gasteiger partial charge on any atom is 0.312 e. The number of hydrogen-bond donors (Lipinski definition) is 2. The van der Waals surface area contributed by atoms with Crippen LogP contribution < -0.4 is 4.72 Å². The molecule has 0 spiro atoms.